The summed E-state index contributed by atoms with van der Waals surface area (Å²) < 4.78 is 1.16. The average molecular weight is 217 g/mol. The zero-order valence-corrected chi connectivity index (χ0v) is 8.72. The zero-order valence-electron chi connectivity index (χ0n) is 6.40. The molecule has 0 nitrogen and oxygen atoms in total. The van der Waals surface area contributed by atoms with Crippen molar-refractivity contribution < 1.29 is 0 Å². The Morgan fingerprint density at radius 1 is 1.25 bits per heavy atom. The van der Waals surface area contributed by atoms with Crippen LogP contribution in [0.25, 0.3) is 10.1 Å². The van der Waals surface area contributed by atoms with E-state index in [1.54, 1.807) is 11.3 Å². The summed E-state index contributed by atoms with van der Waals surface area (Å²) >= 11 is 13.7. The van der Waals surface area contributed by atoms with Gasteiger partial charge in [0.15, 0.2) is 0 Å². The maximum Gasteiger partial charge on any atom is 0.0635 e. The summed E-state index contributed by atoms with van der Waals surface area (Å²) in [6, 6.07) is 5.84. The highest BCUT2D eigenvalue weighted by atomic mass is 35.5. The van der Waals surface area contributed by atoms with Gasteiger partial charge in [-0.25, -0.2) is 0 Å². The van der Waals surface area contributed by atoms with E-state index in [-0.39, 0.29) is 0 Å². The highest BCUT2D eigenvalue weighted by Gasteiger charge is 2.08. The molecule has 0 saturated carbocycles. The van der Waals surface area contributed by atoms with Gasteiger partial charge in [-0.05, 0) is 19.1 Å². The fourth-order valence-corrected chi connectivity index (χ4v) is 2.92. The van der Waals surface area contributed by atoms with Crippen LogP contribution in [0.15, 0.2) is 18.2 Å². The lowest BCUT2D eigenvalue weighted by molar-refractivity contribution is 1.65. The molecule has 0 fully saturated rings. The summed E-state index contributed by atoms with van der Waals surface area (Å²) in [7, 11) is 0. The molecule has 0 aliphatic carbocycles. The fourth-order valence-electron chi connectivity index (χ4n) is 1.19. The van der Waals surface area contributed by atoms with Crippen LogP contribution in [-0.2, 0) is 0 Å². The van der Waals surface area contributed by atoms with E-state index >= 15 is 0 Å². The number of aryl methyl sites for hydroxylation is 1. The molecule has 0 atom stereocenters. The minimum Gasteiger partial charge on any atom is -0.139 e. The molecule has 0 saturated heterocycles. The molecule has 0 radical (unpaired) electrons. The molecule has 1 aromatic carbocycles. The van der Waals surface area contributed by atoms with E-state index in [4.69, 9.17) is 23.2 Å². The van der Waals surface area contributed by atoms with Crippen molar-refractivity contribution >= 4 is 44.6 Å². The Morgan fingerprint density at radius 3 is 2.67 bits per heavy atom. The molecule has 62 valence electrons. The van der Waals surface area contributed by atoms with Crippen molar-refractivity contribution in [3.63, 3.8) is 0 Å². The highest BCUT2D eigenvalue weighted by Crippen LogP contribution is 2.38. The number of thiophene rings is 1. The van der Waals surface area contributed by atoms with Gasteiger partial charge < -0.3 is 0 Å². The second kappa shape index (κ2) is 2.91. The van der Waals surface area contributed by atoms with Crippen LogP contribution in [0.3, 0.4) is 0 Å². The molecule has 0 aliphatic heterocycles. The summed E-state index contributed by atoms with van der Waals surface area (Å²) in [5.41, 5.74) is 0. The van der Waals surface area contributed by atoms with Crippen LogP contribution in [-0.4, -0.2) is 0 Å². The maximum atomic E-state index is 6.07. The second-order valence-electron chi connectivity index (χ2n) is 2.59. The average Bonchev–Trinajstić information content (AvgIpc) is 2.29. The number of halogens is 2. The fraction of sp³-hybridized carbons (Fsp3) is 0.111. The molecule has 0 unspecified atom stereocenters. The normalized spacial score (nSPS) is 10.9. The minimum absolute atomic E-state index is 0.738. The van der Waals surface area contributed by atoms with E-state index in [0.29, 0.717) is 0 Å². The van der Waals surface area contributed by atoms with Gasteiger partial charge in [0, 0.05) is 15.0 Å². The van der Waals surface area contributed by atoms with Gasteiger partial charge >= 0.3 is 0 Å². The summed E-state index contributed by atoms with van der Waals surface area (Å²) in [4.78, 5) is 1.12. The first-order valence-corrected chi connectivity index (χ1v) is 5.10. The molecule has 0 N–H and O–H groups in total. The van der Waals surface area contributed by atoms with E-state index in [9.17, 15) is 0 Å². The van der Waals surface area contributed by atoms with Crippen molar-refractivity contribution in [2.75, 3.05) is 0 Å². The van der Waals surface area contributed by atoms with E-state index in [1.807, 2.05) is 25.1 Å². The van der Waals surface area contributed by atoms with Gasteiger partial charge in [-0.3, -0.25) is 0 Å². The van der Waals surface area contributed by atoms with Gasteiger partial charge in [-0.15, -0.1) is 11.3 Å². The van der Waals surface area contributed by atoms with Gasteiger partial charge in [-0.1, -0.05) is 29.3 Å². The van der Waals surface area contributed by atoms with Crippen LogP contribution in [0, 0.1) is 6.92 Å². The van der Waals surface area contributed by atoms with Crippen molar-refractivity contribution in [3.05, 3.63) is 33.1 Å². The summed E-state index contributed by atoms with van der Waals surface area (Å²) in [6.07, 6.45) is 0. The van der Waals surface area contributed by atoms with Crippen LogP contribution in [0.5, 0.6) is 0 Å². The van der Waals surface area contributed by atoms with E-state index in [2.05, 4.69) is 0 Å². The van der Waals surface area contributed by atoms with Crippen molar-refractivity contribution in [3.8, 4) is 0 Å². The summed E-state index contributed by atoms with van der Waals surface area (Å²) in [5.74, 6) is 0. The number of hydrogen-bond acceptors (Lipinski definition) is 1. The molecule has 1 aromatic heterocycles. The van der Waals surface area contributed by atoms with Gasteiger partial charge in [0.05, 0.1) is 10.0 Å². The highest BCUT2D eigenvalue weighted by molar-refractivity contribution is 7.19. The Balaban J connectivity index is 2.97. The molecule has 0 aliphatic rings. The number of hydrogen-bond donors (Lipinski definition) is 0. The Bertz CT molecular complexity index is 431. The largest absolute Gasteiger partial charge is 0.139 e. The van der Waals surface area contributed by atoms with Crippen LogP contribution < -0.4 is 0 Å². The van der Waals surface area contributed by atoms with Crippen LogP contribution in [0.4, 0.5) is 0 Å². The van der Waals surface area contributed by atoms with Gasteiger partial charge in [0.2, 0.25) is 0 Å². The monoisotopic (exact) mass is 216 g/mol. The third-order valence-electron chi connectivity index (χ3n) is 1.77. The smallest absolute Gasteiger partial charge is 0.0635 e. The Hall–Kier alpha value is -0.240. The molecule has 12 heavy (non-hydrogen) atoms. The van der Waals surface area contributed by atoms with E-state index in [1.165, 1.54) is 0 Å². The molecule has 0 spiro atoms. The quantitative estimate of drug-likeness (QED) is 0.608. The number of rotatable bonds is 0. The molecule has 0 amide bonds. The standard InChI is InChI=1S/C9H6Cl2S/c1-5-9(11)8-6(10)3-2-4-7(8)12-5/h2-4H,1H3. The number of benzene rings is 1. The summed E-state index contributed by atoms with van der Waals surface area (Å²) in [5, 5.41) is 2.52. The van der Waals surface area contributed by atoms with Crippen LogP contribution in [0.1, 0.15) is 4.88 Å². The molecular formula is C9H6Cl2S. The predicted octanol–water partition coefficient (Wildman–Crippen LogP) is 4.52. The molecule has 1 heterocycles. The molecule has 3 heteroatoms. The predicted molar refractivity (Wildman–Crippen MR) is 56.6 cm³/mol. The van der Waals surface area contributed by atoms with Gasteiger partial charge in [-0.2, -0.15) is 0 Å². The third-order valence-corrected chi connectivity index (χ3v) is 3.74. The van der Waals surface area contributed by atoms with Gasteiger partial charge in [0.25, 0.3) is 0 Å². The lowest BCUT2D eigenvalue weighted by Crippen LogP contribution is -1.66. The first-order valence-electron chi connectivity index (χ1n) is 3.53. The topological polar surface area (TPSA) is 0 Å². The Morgan fingerprint density at radius 2 is 2.00 bits per heavy atom. The first-order chi connectivity index (χ1) is 5.70. The SMILES string of the molecule is Cc1sc2cccc(Cl)c2c1Cl. The lowest BCUT2D eigenvalue weighted by Gasteiger charge is -1.92. The molecule has 2 aromatic rings. The van der Waals surface area contributed by atoms with E-state index < -0.39 is 0 Å². The van der Waals surface area contributed by atoms with Crippen molar-refractivity contribution in [1.29, 1.82) is 0 Å². The Kier molecular flexibility index (Phi) is 2.03. The van der Waals surface area contributed by atoms with Crippen molar-refractivity contribution in [2.45, 2.75) is 6.92 Å². The maximum absolute atomic E-state index is 6.07. The van der Waals surface area contributed by atoms with Crippen LogP contribution >= 0.6 is 34.5 Å². The van der Waals surface area contributed by atoms with Gasteiger partial charge in [0.1, 0.15) is 0 Å². The van der Waals surface area contributed by atoms with Crippen molar-refractivity contribution in [1.82, 2.24) is 0 Å². The van der Waals surface area contributed by atoms with E-state index in [0.717, 1.165) is 25.0 Å². The van der Waals surface area contributed by atoms with Crippen LogP contribution in [0.2, 0.25) is 10.0 Å². The zero-order chi connectivity index (χ0) is 8.72. The molecule has 0 bridgehead atoms. The molecular weight excluding hydrogens is 211 g/mol. The first kappa shape index (κ1) is 8.36. The summed E-state index contributed by atoms with van der Waals surface area (Å²) in [6.45, 7) is 2.00. The number of fused-ring (bicyclic) bond motifs is 1. The molecule has 2 rings (SSSR count). The minimum atomic E-state index is 0.738. The third kappa shape index (κ3) is 1.13. The Labute approximate surface area is 84.7 Å². The van der Waals surface area contributed by atoms with Crippen molar-refractivity contribution in [2.24, 2.45) is 0 Å². The second-order valence-corrected chi connectivity index (χ2v) is 4.63. The lowest BCUT2D eigenvalue weighted by atomic mass is 10.2.